The second-order valence-electron chi connectivity index (χ2n) is 2.55. The van der Waals surface area contributed by atoms with Crippen molar-refractivity contribution in [1.82, 2.24) is 4.98 Å². The van der Waals surface area contributed by atoms with E-state index in [2.05, 4.69) is 16.8 Å². The van der Waals surface area contributed by atoms with Gasteiger partial charge < -0.3 is 4.74 Å². The first kappa shape index (κ1) is 9.69. The van der Waals surface area contributed by atoms with E-state index in [0.29, 0.717) is 17.9 Å². The molecule has 1 rings (SSSR count). The van der Waals surface area contributed by atoms with Gasteiger partial charge in [0, 0.05) is 7.11 Å². The fourth-order valence-electron chi connectivity index (χ4n) is 0.806. The minimum Gasteiger partial charge on any atom is -0.372 e. The summed E-state index contributed by atoms with van der Waals surface area (Å²) >= 11 is 0. The van der Waals surface area contributed by atoms with E-state index < -0.39 is 0 Å². The summed E-state index contributed by atoms with van der Waals surface area (Å²) in [6, 6.07) is 1.61. The van der Waals surface area contributed by atoms with E-state index in [9.17, 15) is 4.39 Å². The minimum absolute atomic E-state index is 0.308. The van der Waals surface area contributed by atoms with Gasteiger partial charge in [-0.2, -0.15) is 0 Å². The van der Waals surface area contributed by atoms with Gasteiger partial charge in [0.1, 0.15) is 18.1 Å². The van der Waals surface area contributed by atoms with E-state index in [4.69, 9.17) is 4.74 Å². The number of methoxy groups -OCH3 is 1. The van der Waals surface area contributed by atoms with Crippen LogP contribution >= 0.6 is 0 Å². The highest BCUT2D eigenvalue weighted by atomic mass is 19.1. The van der Waals surface area contributed by atoms with E-state index in [1.807, 2.05) is 0 Å². The Bertz CT molecular complexity index is 352. The van der Waals surface area contributed by atoms with Crippen molar-refractivity contribution >= 4 is 0 Å². The van der Waals surface area contributed by atoms with Crippen LogP contribution in [0.3, 0.4) is 0 Å². The Hall–Kier alpha value is -1.40. The van der Waals surface area contributed by atoms with Gasteiger partial charge in [-0.15, -0.1) is 0 Å². The van der Waals surface area contributed by atoms with Crippen LogP contribution in [0, 0.1) is 24.6 Å². The molecule has 0 spiro atoms. The highest BCUT2D eigenvalue weighted by Crippen LogP contribution is 2.04. The standard InChI is InChI=1S/C10H10FNO/c1-8-6-9(4-3-5-13-2)12-7-10(8)11/h6-7H,5H2,1-2H3. The van der Waals surface area contributed by atoms with E-state index in [0.717, 1.165) is 0 Å². The second-order valence-corrected chi connectivity index (χ2v) is 2.55. The third-order valence-corrected chi connectivity index (χ3v) is 1.48. The lowest BCUT2D eigenvalue weighted by Crippen LogP contribution is -1.89. The molecule has 0 atom stereocenters. The number of hydrogen-bond donors (Lipinski definition) is 0. The van der Waals surface area contributed by atoms with Crippen LogP contribution in [0.25, 0.3) is 0 Å². The van der Waals surface area contributed by atoms with Crippen LogP contribution in [0.1, 0.15) is 11.3 Å². The van der Waals surface area contributed by atoms with Crippen LogP contribution in [0.15, 0.2) is 12.3 Å². The molecule has 0 aliphatic heterocycles. The fourth-order valence-corrected chi connectivity index (χ4v) is 0.806. The summed E-state index contributed by atoms with van der Waals surface area (Å²) < 4.78 is 17.5. The third-order valence-electron chi connectivity index (χ3n) is 1.48. The van der Waals surface area contributed by atoms with Gasteiger partial charge >= 0.3 is 0 Å². The molecular weight excluding hydrogens is 169 g/mol. The molecule has 68 valence electrons. The van der Waals surface area contributed by atoms with E-state index >= 15 is 0 Å². The van der Waals surface area contributed by atoms with Crippen molar-refractivity contribution in [2.24, 2.45) is 0 Å². The number of hydrogen-bond acceptors (Lipinski definition) is 2. The number of aryl methyl sites for hydroxylation is 1. The maximum atomic E-state index is 12.8. The van der Waals surface area contributed by atoms with Crippen LogP contribution in [0.5, 0.6) is 0 Å². The molecule has 1 aromatic heterocycles. The largest absolute Gasteiger partial charge is 0.372 e. The first-order valence-electron chi connectivity index (χ1n) is 3.84. The first-order valence-corrected chi connectivity index (χ1v) is 3.84. The molecule has 0 saturated carbocycles. The third kappa shape index (κ3) is 2.85. The number of ether oxygens (including phenoxy) is 1. The van der Waals surface area contributed by atoms with Crippen molar-refractivity contribution in [3.8, 4) is 11.8 Å². The van der Waals surface area contributed by atoms with Crippen molar-refractivity contribution in [2.75, 3.05) is 13.7 Å². The Morgan fingerprint density at radius 2 is 2.38 bits per heavy atom. The maximum Gasteiger partial charge on any atom is 0.144 e. The summed E-state index contributed by atoms with van der Waals surface area (Å²) in [6.45, 7) is 2.04. The second kappa shape index (κ2) is 4.58. The van der Waals surface area contributed by atoms with Crippen LogP contribution in [-0.4, -0.2) is 18.7 Å². The topological polar surface area (TPSA) is 22.1 Å². The Labute approximate surface area is 76.8 Å². The molecule has 0 aliphatic rings. The highest BCUT2D eigenvalue weighted by molar-refractivity contribution is 5.30. The maximum absolute atomic E-state index is 12.8. The van der Waals surface area contributed by atoms with Gasteiger partial charge in [0.2, 0.25) is 0 Å². The lowest BCUT2D eigenvalue weighted by atomic mass is 10.2. The normalized spacial score (nSPS) is 9.15. The van der Waals surface area contributed by atoms with Crippen LogP contribution in [-0.2, 0) is 4.74 Å². The summed E-state index contributed by atoms with van der Waals surface area (Å²) in [7, 11) is 1.57. The fraction of sp³-hybridized carbons (Fsp3) is 0.300. The lowest BCUT2D eigenvalue weighted by Gasteiger charge is -1.94. The number of aromatic nitrogens is 1. The molecule has 0 N–H and O–H groups in total. The Morgan fingerprint density at radius 1 is 1.62 bits per heavy atom. The number of halogens is 1. The summed E-state index contributed by atoms with van der Waals surface area (Å²) in [4.78, 5) is 3.81. The molecular formula is C10H10FNO. The summed E-state index contributed by atoms with van der Waals surface area (Å²) in [5, 5.41) is 0. The summed E-state index contributed by atoms with van der Waals surface area (Å²) in [5.41, 5.74) is 1.12. The van der Waals surface area contributed by atoms with Crippen LogP contribution < -0.4 is 0 Å². The SMILES string of the molecule is COCC#Cc1cc(C)c(F)cn1. The van der Waals surface area contributed by atoms with Gasteiger partial charge in [-0.05, 0) is 24.5 Å². The highest BCUT2D eigenvalue weighted by Gasteiger charge is 1.96. The molecule has 0 aliphatic carbocycles. The molecule has 2 nitrogen and oxygen atoms in total. The van der Waals surface area contributed by atoms with Crippen LogP contribution in [0.4, 0.5) is 4.39 Å². The van der Waals surface area contributed by atoms with Gasteiger partial charge in [-0.25, -0.2) is 9.37 Å². The van der Waals surface area contributed by atoms with Crippen molar-refractivity contribution in [3.05, 3.63) is 29.3 Å². The average molecular weight is 179 g/mol. The summed E-state index contributed by atoms with van der Waals surface area (Å²) in [6.07, 6.45) is 1.17. The van der Waals surface area contributed by atoms with Crippen molar-refractivity contribution in [1.29, 1.82) is 0 Å². The smallest absolute Gasteiger partial charge is 0.144 e. The molecule has 3 heteroatoms. The molecule has 0 saturated heterocycles. The van der Waals surface area contributed by atoms with Gasteiger partial charge in [0.25, 0.3) is 0 Å². The molecule has 0 amide bonds. The van der Waals surface area contributed by atoms with Crippen molar-refractivity contribution in [3.63, 3.8) is 0 Å². The van der Waals surface area contributed by atoms with Crippen molar-refractivity contribution < 1.29 is 9.13 Å². The molecule has 1 heterocycles. The monoisotopic (exact) mass is 179 g/mol. The van der Waals surface area contributed by atoms with Gasteiger partial charge in [-0.1, -0.05) is 5.92 Å². The van der Waals surface area contributed by atoms with E-state index in [1.54, 1.807) is 20.1 Å². The number of rotatable bonds is 1. The predicted molar refractivity (Wildman–Crippen MR) is 47.7 cm³/mol. The van der Waals surface area contributed by atoms with Gasteiger partial charge in [0.15, 0.2) is 0 Å². The minimum atomic E-state index is -0.308. The van der Waals surface area contributed by atoms with Gasteiger partial charge in [0.05, 0.1) is 6.20 Å². The molecule has 13 heavy (non-hydrogen) atoms. The summed E-state index contributed by atoms with van der Waals surface area (Å²) in [5.74, 6) is 5.19. The number of pyridine rings is 1. The van der Waals surface area contributed by atoms with E-state index in [-0.39, 0.29) is 5.82 Å². The zero-order valence-electron chi connectivity index (χ0n) is 7.60. The molecule has 0 unspecified atom stereocenters. The zero-order chi connectivity index (χ0) is 9.68. The lowest BCUT2D eigenvalue weighted by molar-refractivity contribution is 0.240. The Balaban J connectivity index is 2.81. The molecule has 0 radical (unpaired) electrons. The quantitative estimate of drug-likeness (QED) is 0.610. The Morgan fingerprint density at radius 3 is 3.00 bits per heavy atom. The molecule has 1 aromatic rings. The van der Waals surface area contributed by atoms with Gasteiger partial charge in [-0.3, -0.25) is 0 Å². The number of nitrogens with zero attached hydrogens (tertiary/aromatic N) is 1. The van der Waals surface area contributed by atoms with Crippen molar-refractivity contribution in [2.45, 2.75) is 6.92 Å². The average Bonchev–Trinajstić information content (AvgIpc) is 2.12. The molecule has 0 bridgehead atoms. The molecule has 0 aromatic carbocycles. The first-order chi connectivity index (χ1) is 6.24. The Kier molecular flexibility index (Phi) is 3.41. The van der Waals surface area contributed by atoms with Crippen LogP contribution in [0.2, 0.25) is 0 Å². The zero-order valence-corrected chi connectivity index (χ0v) is 7.60. The van der Waals surface area contributed by atoms with E-state index in [1.165, 1.54) is 6.20 Å². The predicted octanol–water partition coefficient (Wildman–Crippen LogP) is 1.53. The molecule has 0 fully saturated rings.